The average Bonchev–Trinajstić information content (AvgIpc) is 2.60. The fourth-order valence-corrected chi connectivity index (χ4v) is 1.27. The van der Waals surface area contributed by atoms with Gasteiger partial charge in [-0.25, -0.2) is 0 Å². The Hall–Kier alpha value is -1.83. The highest BCUT2D eigenvalue weighted by atomic mass is 16.5. The largest absolute Gasteiger partial charge is 0.344 e. The van der Waals surface area contributed by atoms with Gasteiger partial charge in [0, 0.05) is 12.3 Å². The molecule has 0 aliphatic carbocycles. The van der Waals surface area contributed by atoms with Crippen molar-refractivity contribution < 1.29 is 9.32 Å². The molecule has 0 aliphatic heterocycles. The van der Waals surface area contributed by atoms with Crippen LogP contribution in [0.3, 0.4) is 0 Å². The van der Waals surface area contributed by atoms with Crippen molar-refractivity contribution in [2.45, 2.75) is 47.1 Å². The third-order valence-corrected chi connectivity index (χ3v) is 2.02. The van der Waals surface area contributed by atoms with E-state index in [0.29, 0.717) is 5.82 Å². The second-order valence-electron chi connectivity index (χ2n) is 5.73. The topological polar surface area (TPSA) is 68.0 Å². The molecule has 18 heavy (non-hydrogen) atoms. The molecule has 1 heterocycles. The van der Waals surface area contributed by atoms with E-state index in [0.717, 1.165) is 0 Å². The minimum Gasteiger partial charge on any atom is -0.344 e. The number of nitrogens with one attached hydrogen (secondary N) is 1. The lowest BCUT2D eigenvalue weighted by atomic mass is 9.98. The smallest absolute Gasteiger partial charge is 0.302 e. The van der Waals surface area contributed by atoms with Gasteiger partial charge >= 0.3 is 5.89 Å². The number of rotatable bonds is 2. The molecule has 0 spiro atoms. The van der Waals surface area contributed by atoms with E-state index < -0.39 is 5.54 Å². The predicted molar refractivity (Wildman–Crippen MR) is 67.5 cm³/mol. The van der Waals surface area contributed by atoms with Crippen molar-refractivity contribution >= 4 is 5.91 Å². The molecule has 0 fully saturated rings. The first kappa shape index (κ1) is 14.2. The standard InChI is InChI=1S/C13H19N3O2/c1-9(17)15-13(5,6)11-14-10(18-16-11)7-8-12(2,3)4/h1-6H3,(H,15,17). The maximum atomic E-state index is 11.1. The van der Waals surface area contributed by atoms with Gasteiger partial charge < -0.3 is 9.84 Å². The Morgan fingerprint density at radius 3 is 2.39 bits per heavy atom. The van der Waals surface area contributed by atoms with Crippen molar-refractivity contribution in [3.8, 4) is 11.8 Å². The molecule has 0 atom stereocenters. The molecule has 1 rings (SSSR count). The summed E-state index contributed by atoms with van der Waals surface area (Å²) in [4.78, 5) is 15.2. The number of carbonyl (C=O) groups excluding carboxylic acids is 1. The fourth-order valence-electron chi connectivity index (χ4n) is 1.27. The minimum absolute atomic E-state index is 0.123. The Morgan fingerprint density at radius 2 is 1.89 bits per heavy atom. The Kier molecular flexibility index (Phi) is 3.80. The number of hydrogen-bond donors (Lipinski definition) is 1. The molecule has 0 unspecified atom stereocenters. The van der Waals surface area contributed by atoms with Crippen LogP contribution >= 0.6 is 0 Å². The van der Waals surface area contributed by atoms with Gasteiger partial charge in [-0.3, -0.25) is 4.79 Å². The van der Waals surface area contributed by atoms with Crippen molar-refractivity contribution in [3.63, 3.8) is 0 Å². The van der Waals surface area contributed by atoms with Crippen molar-refractivity contribution in [3.05, 3.63) is 11.7 Å². The molecule has 0 aromatic carbocycles. The molecule has 5 heteroatoms. The third-order valence-electron chi connectivity index (χ3n) is 2.02. The lowest BCUT2D eigenvalue weighted by Crippen LogP contribution is -2.40. The SMILES string of the molecule is CC(=O)NC(C)(C)c1noc(C#CC(C)(C)C)n1. The number of carbonyl (C=O) groups is 1. The van der Waals surface area contributed by atoms with Gasteiger partial charge in [0.2, 0.25) is 5.91 Å². The number of hydrogen-bond acceptors (Lipinski definition) is 4. The third kappa shape index (κ3) is 4.21. The zero-order chi connectivity index (χ0) is 14.0. The van der Waals surface area contributed by atoms with E-state index in [1.807, 2.05) is 20.8 Å². The molecule has 1 amide bonds. The molecule has 0 saturated heterocycles. The zero-order valence-corrected chi connectivity index (χ0v) is 11.7. The summed E-state index contributed by atoms with van der Waals surface area (Å²) < 4.78 is 5.04. The first-order valence-corrected chi connectivity index (χ1v) is 5.76. The van der Waals surface area contributed by atoms with Crippen LogP contribution in [0.2, 0.25) is 0 Å². The van der Waals surface area contributed by atoms with Crippen LogP contribution < -0.4 is 5.32 Å². The van der Waals surface area contributed by atoms with Crippen LogP contribution in [0.1, 0.15) is 53.3 Å². The van der Waals surface area contributed by atoms with Crippen LogP contribution in [0.5, 0.6) is 0 Å². The van der Waals surface area contributed by atoms with Crippen molar-refractivity contribution in [1.29, 1.82) is 0 Å². The Balaban J connectivity index is 2.92. The van der Waals surface area contributed by atoms with E-state index in [4.69, 9.17) is 4.52 Å². The van der Waals surface area contributed by atoms with Crippen molar-refractivity contribution in [1.82, 2.24) is 15.5 Å². The summed E-state index contributed by atoms with van der Waals surface area (Å²) >= 11 is 0. The highest BCUT2D eigenvalue weighted by Crippen LogP contribution is 2.16. The van der Waals surface area contributed by atoms with Gasteiger partial charge in [0.15, 0.2) is 5.82 Å². The molecule has 0 saturated carbocycles. The Labute approximate surface area is 107 Å². The fraction of sp³-hybridized carbons (Fsp3) is 0.615. The quantitative estimate of drug-likeness (QED) is 0.812. The van der Waals surface area contributed by atoms with Gasteiger partial charge in [0.05, 0.1) is 5.54 Å². The van der Waals surface area contributed by atoms with E-state index in [-0.39, 0.29) is 17.2 Å². The lowest BCUT2D eigenvalue weighted by molar-refractivity contribution is -0.120. The molecule has 1 aromatic rings. The van der Waals surface area contributed by atoms with E-state index >= 15 is 0 Å². The Bertz CT molecular complexity index is 498. The summed E-state index contributed by atoms with van der Waals surface area (Å²) in [5.74, 6) is 6.37. The van der Waals surface area contributed by atoms with E-state index in [1.54, 1.807) is 13.8 Å². The molecular weight excluding hydrogens is 230 g/mol. The molecule has 0 bridgehead atoms. The zero-order valence-electron chi connectivity index (χ0n) is 11.7. The number of amides is 1. The van der Waals surface area contributed by atoms with Crippen molar-refractivity contribution in [2.75, 3.05) is 0 Å². The summed E-state index contributed by atoms with van der Waals surface area (Å²) in [6.45, 7) is 11.1. The normalized spacial score (nSPS) is 11.7. The molecule has 1 N–H and O–H groups in total. The predicted octanol–water partition coefficient (Wildman–Crippen LogP) is 1.84. The first-order chi connectivity index (χ1) is 8.10. The molecule has 98 valence electrons. The Morgan fingerprint density at radius 1 is 1.28 bits per heavy atom. The van der Waals surface area contributed by atoms with Crippen LogP contribution in [0.15, 0.2) is 4.52 Å². The highest BCUT2D eigenvalue weighted by molar-refractivity contribution is 5.73. The summed E-state index contributed by atoms with van der Waals surface area (Å²) in [5.41, 5.74) is -0.793. The summed E-state index contributed by atoms with van der Waals surface area (Å²) in [5, 5.41) is 6.59. The molecule has 5 nitrogen and oxygen atoms in total. The van der Waals surface area contributed by atoms with Gasteiger partial charge in [0.1, 0.15) is 0 Å². The summed E-state index contributed by atoms with van der Waals surface area (Å²) in [7, 11) is 0. The van der Waals surface area contributed by atoms with Gasteiger partial charge in [0.25, 0.3) is 0 Å². The molecule has 1 aromatic heterocycles. The molecule has 0 radical (unpaired) electrons. The van der Waals surface area contributed by atoms with Crippen molar-refractivity contribution in [2.24, 2.45) is 5.41 Å². The van der Waals surface area contributed by atoms with Crippen LogP contribution in [0.4, 0.5) is 0 Å². The molecular formula is C13H19N3O2. The second-order valence-corrected chi connectivity index (χ2v) is 5.73. The van der Waals surface area contributed by atoms with Gasteiger partial charge in [-0.05, 0) is 40.5 Å². The van der Waals surface area contributed by atoms with Crippen LogP contribution in [-0.2, 0) is 10.3 Å². The van der Waals surface area contributed by atoms with Gasteiger partial charge in [-0.15, -0.1) is 0 Å². The van der Waals surface area contributed by atoms with Gasteiger partial charge in [-0.2, -0.15) is 4.98 Å². The lowest BCUT2D eigenvalue weighted by Gasteiger charge is -2.20. The maximum Gasteiger partial charge on any atom is 0.302 e. The summed E-state index contributed by atoms with van der Waals surface area (Å²) in [6, 6.07) is 0. The van der Waals surface area contributed by atoms with Crippen LogP contribution in [0.25, 0.3) is 0 Å². The summed E-state index contributed by atoms with van der Waals surface area (Å²) in [6.07, 6.45) is 0. The second kappa shape index (κ2) is 4.81. The number of aromatic nitrogens is 2. The van der Waals surface area contributed by atoms with Crippen LogP contribution in [0, 0.1) is 17.3 Å². The van der Waals surface area contributed by atoms with E-state index in [1.165, 1.54) is 6.92 Å². The number of nitrogens with zero attached hydrogens (tertiary/aromatic N) is 2. The monoisotopic (exact) mass is 249 g/mol. The average molecular weight is 249 g/mol. The van der Waals surface area contributed by atoms with Gasteiger partial charge in [-0.1, -0.05) is 11.1 Å². The maximum absolute atomic E-state index is 11.1. The highest BCUT2D eigenvalue weighted by Gasteiger charge is 2.27. The first-order valence-electron chi connectivity index (χ1n) is 5.76. The van der Waals surface area contributed by atoms with E-state index in [9.17, 15) is 4.79 Å². The van der Waals surface area contributed by atoms with Crippen LogP contribution in [-0.4, -0.2) is 16.0 Å². The molecule has 0 aliphatic rings. The van der Waals surface area contributed by atoms with E-state index in [2.05, 4.69) is 27.3 Å². The minimum atomic E-state index is -0.670.